The summed E-state index contributed by atoms with van der Waals surface area (Å²) in [6, 6.07) is 4.85. The van der Waals surface area contributed by atoms with Crippen LogP contribution in [0.15, 0.2) is 12.1 Å². The lowest BCUT2D eigenvalue weighted by Gasteiger charge is -2.50. The SMILES string of the molecule is COc1cc2c(cc1B(C)C)C1CC[C@]3(C)C(OC)CCC3C1CC2. The summed E-state index contributed by atoms with van der Waals surface area (Å²) in [4.78, 5) is 0. The van der Waals surface area contributed by atoms with Crippen molar-refractivity contribution >= 4 is 12.2 Å². The Kier molecular flexibility index (Phi) is 4.42. The van der Waals surface area contributed by atoms with Gasteiger partial charge in [-0.3, -0.25) is 0 Å². The van der Waals surface area contributed by atoms with Crippen LogP contribution in [0.5, 0.6) is 5.75 Å². The Bertz CT molecular complexity index is 656. The van der Waals surface area contributed by atoms with E-state index in [4.69, 9.17) is 9.47 Å². The quantitative estimate of drug-likeness (QED) is 0.753. The molecule has 0 aliphatic heterocycles. The average molecular weight is 340 g/mol. The summed E-state index contributed by atoms with van der Waals surface area (Å²) in [6.45, 7) is 7.59. The van der Waals surface area contributed by atoms with E-state index in [2.05, 4.69) is 32.7 Å². The molecule has 3 aliphatic rings. The molecule has 2 fully saturated rings. The molecule has 3 aliphatic carbocycles. The fraction of sp³-hybridized carbons (Fsp3) is 0.727. The van der Waals surface area contributed by atoms with Gasteiger partial charge in [0.05, 0.1) is 13.2 Å². The molecule has 1 aromatic carbocycles. The van der Waals surface area contributed by atoms with Gasteiger partial charge in [0.15, 0.2) is 6.71 Å². The van der Waals surface area contributed by atoms with Gasteiger partial charge in [-0.25, -0.2) is 0 Å². The molecule has 25 heavy (non-hydrogen) atoms. The number of hydrogen-bond donors (Lipinski definition) is 0. The zero-order valence-electron chi connectivity index (χ0n) is 16.6. The van der Waals surface area contributed by atoms with E-state index in [9.17, 15) is 0 Å². The molecule has 0 amide bonds. The third-order valence-electron chi connectivity index (χ3n) is 7.89. The Labute approximate surface area is 153 Å². The minimum absolute atomic E-state index is 0.404. The predicted octanol–water partition coefficient (Wildman–Crippen LogP) is 4.53. The maximum atomic E-state index is 5.90. The fourth-order valence-electron chi connectivity index (χ4n) is 6.58. The maximum absolute atomic E-state index is 5.90. The highest BCUT2D eigenvalue weighted by molar-refractivity contribution is 6.71. The molecule has 0 radical (unpaired) electrons. The van der Waals surface area contributed by atoms with Gasteiger partial charge in [-0.2, -0.15) is 0 Å². The molecule has 0 spiro atoms. The second kappa shape index (κ2) is 6.34. The molecule has 0 aromatic heterocycles. The minimum Gasteiger partial charge on any atom is -0.497 e. The van der Waals surface area contributed by atoms with Crippen molar-refractivity contribution in [2.45, 2.75) is 71.1 Å². The van der Waals surface area contributed by atoms with Crippen LogP contribution in [-0.2, 0) is 11.2 Å². The molecule has 2 saturated carbocycles. The summed E-state index contributed by atoms with van der Waals surface area (Å²) in [7, 11) is 3.73. The van der Waals surface area contributed by atoms with Crippen LogP contribution in [-0.4, -0.2) is 27.0 Å². The Morgan fingerprint density at radius 2 is 1.88 bits per heavy atom. The number of benzene rings is 1. The molecule has 4 unspecified atom stereocenters. The molecular weight excluding hydrogens is 307 g/mol. The zero-order chi connectivity index (χ0) is 17.8. The van der Waals surface area contributed by atoms with Crippen LogP contribution in [0.3, 0.4) is 0 Å². The second-order valence-corrected chi connectivity index (χ2v) is 9.21. The van der Waals surface area contributed by atoms with E-state index in [1.165, 1.54) is 44.0 Å². The molecule has 0 saturated heterocycles. The number of hydrogen-bond acceptors (Lipinski definition) is 2. The van der Waals surface area contributed by atoms with Crippen molar-refractivity contribution in [3.63, 3.8) is 0 Å². The van der Waals surface area contributed by atoms with Gasteiger partial charge in [-0.05, 0) is 84.3 Å². The van der Waals surface area contributed by atoms with Crippen LogP contribution < -0.4 is 10.2 Å². The number of fused-ring (bicyclic) bond motifs is 5. The largest absolute Gasteiger partial charge is 0.497 e. The number of methoxy groups -OCH3 is 2. The molecule has 136 valence electrons. The van der Waals surface area contributed by atoms with Crippen LogP contribution in [0.4, 0.5) is 0 Å². The molecule has 0 heterocycles. The Hall–Kier alpha value is -0.955. The van der Waals surface area contributed by atoms with Gasteiger partial charge in [0, 0.05) is 7.11 Å². The molecule has 4 rings (SSSR count). The second-order valence-electron chi connectivity index (χ2n) is 9.21. The summed E-state index contributed by atoms with van der Waals surface area (Å²) in [6.07, 6.45) is 8.30. The van der Waals surface area contributed by atoms with E-state index in [0.717, 1.165) is 23.5 Å². The van der Waals surface area contributed by atoms with E-state index in [-0.39, 0.29) is 0 Å². The molecule has 5 atom stereocenters. The Morgan fingerprint density at radius 3 is 2.56 bits per heavy atom. The first-order chi connectivity index (χ1) is 12.0. The van der Waals surface area contributed by atoms with Crippen molar-refractivity contribution in [1.29, 1.82) is 0 Å². The standard InChI is InChI=1S/C22H33BO2/c1-22-11-10-15-16(18(22)8-9-21(22)25-5)7-6-14-12-20(24-4)19(23(2)3)13-17(14)15/h12-13,15-16,18,21H,6-11H2,1-5H3/t15?,16?,18?,21?,22-/m0/s1. The van der Waals surface area contributed by atoms with Crippen LogP contribution in [0, 0.1) is 17.3 Å². The summed E-state index contributed by atoms with van der Waals surface area (Å²) >= 11 is 0. The van der Waals surface area contributed by atoms with Crippen molar-refractivity contribution in [3.8, 4) is 5.75 Å². The highest BCUT2D eigenvalue weighted by Gasteiger charge is 2.55. The lowest BCUT2D eigenvalue weighted by molar-refractivity contribution is -0.0443. The first-order valence-corrected chi connectivity index (χ1v) is 10.2. The predicted molar refractivity (Wildman–Crippen MR) is 106 cm³/mol. The summed E-state index contributed by atoms with van der Waals surface area (Å²) in [5.41, 5.74) is 4.98. The van der Waals surface area contributed by atoms with Crippen LogP contribution in [0.2, 0.25) is 13.6 Å². The average Bonchev–Trinajstić information content (AvgIpc) is 2.96. The Morgan fingerprint density at radius 1 is 1.08 bits per heavy atom. The normalized spacial score (nSPS) is 36.4. The lowest BCUT2D eigenvalue weighted by atomic mass is 9.48. The highest BCUT2D eigenvalue weighted by atomic mass is 16.5. The molecule has 1 aromatic rings. The van der Waals surface area contributed by atoms with Crippen molar-refractivity contribution < 1.29 is 9.47 Å². The first-order valence-electron chi connectivity index (χ1n) is 10.2. The van der Waals surface area contributed by atoms with Crippen LogP contribution in [0.1, 0.15) is 56.1 Å². The number of aryl methyl sites for hydroxylation is 1. The third kappa shape index (κ3) is 2.57. The van der Waals surface area contributed by atoms with E-state index in [1.54, 1.807) is 11.1 Å². The van der Waals surface area contributed by atoms with E-state index < -0.39 is 0 Å². The smallest absolute Gasteiger partial charge is 0.174 e. The fourth-order valence-corrected chi connectivity index (χ4v) is 6.58. The van der Waals surface area contributed by atoms with Crippen molar-refractivity contribution in [2.75, 3.05) is 14.2 Å². The third-order valence-corrected chi connectivity index (χ3v) is 7.89. The van der Waals surface area contributed by atoms with Gasteiger partial charge < -0.3 is 9.47 Å². The molecule has 2 nitrogen and oxygen atoms in total. The van der Waals surface area contributed by atoms with Gasteiger partial charge in [0.25, 0.3) is 0 Å². The minimum atomic E-state index is 0.404. The topological polar surface area (TPSA) is 18.5 Å². The monoisotopic (exact) mass is 340 g/mol. The summed E-state index contributed by atoms with van der Waals surface area (Å²) < 4.78 is 11.6. The van der Waals surface area contributed by atoms with Crippen molar-refractivity contribution in [2.24, 2.45) is 17.3 Å². The van der Waals surface area contributed by atoms with Crippen LogP contribution in [0.25, 0.3) is 0 Å². The van der Waals surface area contributed by atoms with E-state index in [1.807, 2.05) is 14.2 Å². The Balaban J connectivity index is 1.71. The number of rotatable bonds is 3. The van der Waals surface area contributed by atoms with Crippen molar-refractivity contribution in [1.82, 2.24) is 0 Å². The zero-order valence-corrected chi connectivity index (χ0v) is 16.6. The molecule has 3 heteroatoms. The van der Waals surface area contributed by atoms with Crippen molar-refractivity contribution in [3.05, 3.63) is 23.3 Å². The molecule has 0 N–H and O–H groups in total. The van der Waals surface area contributed by atoms with E-state index in [0.29, 0.717) is 18.2 Å². The van der Waals surface area contributed by atoms with Gasteiger partial charge in [-0.1, -0.05) is 26.6 Å². The molecule has 0 bridgehead atoms. The number of ether oxygens (including phenoxy) is 2. The van der Waals surface area contributed by atoms with Gasteiger partial charge in [0.1, 0.15) is 5.75 Å². The van der Waals surface area contributed by atoms with Gasteiger partial charge >= 0.3 is 0 Å². The summed E-state index contributed by atoms with van der Waals surface area (Å²) in [5, 5.41) is 0. The first kappa shape index (κ1) is 17.5. The van der Waals surface area contributed by atoms with E-state index >= 15 is 0 Å². The lowest BCUT2D eigenvalue weighted by Crippen LogP contribution is -2.44. The highest BCUT2D eigenvalue weighted by Crippen LogP contribution is 2.61. The van der Waals surface area contributed by atoms with Crippen LogP contribution >= 0.6 is 0 Å². The summed E-state index contributed by atoms with van der Waals surface area (Å²) in [5.74, 6) is 3.53. The van der Waals surface area contributed by atoms with Gasteiger partial charge in [0.2, 0.25) is 0 Å². The maximum Gasteiger partial charge on any atom is 0.174 e. The van der Waals surface area contributed by atoms with Gasteiger partial charge in [-0.15, -0.1) is 0 Å². The molecular formula is C22H33BO2.